The number of nitrogens with two attached hydrogens (primary N) is 2. The molecule has 4 unspecified atom stereocenters. The van der Waals surface area contributed by atoms with Gasteiger partial charge in [-0.2, -0.15) is 4.98 Å². The molecule has 0 aliphatic carbocycles. The highest BCUT2D eigenvalue weighted by Gasteiger charge is 2.52. The normalized spacial score (nSPS) is 37.7. The fraction of sp³-hybridized carbons (Fsp3) is 0.476. The van der Waals surface area contributed by atoms with Crippen LogP contribution in [-0.4, -0.2) is 99.0 Å². The Morgan fingerprint density at radius 1 is 1.00 bits per heavy atom. The Kier molecular flexibility index (Phi) is 7.80. The number of fused-ring (bicyclic) bond motifs is 5. The van der Waals surface area contributed by atoms with E-state index in [1.165, 1.54) is 21.8 Å². The number of aromatic amines is 1. The van der Waals surface area contributed by atoms with Crippen LogP contribution in [0.4, 0.5) is 11.8 Å². The van der Waals surface area contributed by atoms with E-state index in [9.17, 15) is 24.5 Å². The first-order chi connectivity index (χ1) is 21.3. The Balaban J connectivity index is 1.21. The number of nitrogen functional groups attached to an aromatic ring is 2. The van der Waals surface area contributed by atoms with Crippen LogP contribution in [0, 0.1) is 0 Å². The Morgan fingerprint density at radius 2 is 1.76 bits per heavy atom. The number of aliphatic hydroxyl groups excluding tert-OH is 2. The molecule has 4 aromatic rings. The molecule has 24 heteroatoms. The average Bonchev–Trinajstić information content (AvgIpc) is 3.72. The molecular formula is C21H25N9O11P2S2. The summed E-state index contributed by atoms with van der Waals surface area (Å²) in [5, 5.41) is 22.9. The molecule has 242 valence electrons. The van der Waals surface area contributed by atoms with Gasteiger partial charge in [0, 0.05) is 6.20 Å². The topological polar surface area (TPSA) is 279 Å². The lowest BCUT2D eigenvalue weighted by molar-refractivity contribution is -0.0593. The maximum atomic E-state index is 13.4. The molecule has 4 aromatic heterocycles. The van der Waals surface area contributed by atoms with E-state index >= 15 is 0 Å². The molecule has 0 radical (unpaired) electrons. The molecule has 3 aliphatic heterocycles. The van der Waals surface area contributed by atoms with E-state index in [1.807, 2.05) is 0 Å². The zero-order chi connectivity index (χ0) is 31.8. The van der Waals surface area contributed by atoms with Gasteiger partial charge in [-0.25, -0.2) is 19.5 Å². The summed E-state index contributed by atoms with van der Waals surface area (Å²) in [5.41, 5.74) is 11.2. The number of nitrogens with one attached hydrogen (secondary N) is 1. The van der Waals surface area contributed by atoms with Crippen LogP contribution in [0.5, 0.6) is 0 Å². The predicted molar refractivity (Wildman–Crippen MR) is 159 cm³/mol. The molecule has 0 saturated carbocycles. The fourth-order valence-corrected chi connectivity index (χ4v) is 8.34. The third-order valence-corrected chi connectivity index (χ3v) is 10.6. The highest BCUT2D eigenvalue weighted by atomic mass is 32.7. The Morgan fingerprint density at radius 3 is 2.56 bits per heavy atom. The molecule has 45 heavy (non-hydrogen) atoms. The van der Waals surface area contributed by atoms with Crippen molar-refractivity contribution in [3.8, 4) is 0 Å². The van der Waals surface area contributed by atoms with Crippen molar-refractivity contribution in [3.63, 3.8) is 0 Å². The van der Waals surface area contributed by atoms with Crippen LogP contribution in [0.15, 0.2) is 29.7 Å². The molecule has 10 atom stereocenters. The van der Waals surface area contributed by atoms with E-state index in [4.69, 9.17) is 50.8 Å². The van der Waals surface area contributed by atoms with Crippen molar-refractivity contribution in [1.29, 1.82) is 0 Å². The number of anilines is 2. The Labute approximate surface area is 261 Å². The maximum absolute atomic E-state index is 13.4. The van der Waals surface area contributed by atoms with Crippen LogP contribution in [0.25, 0.3) is 22.2 Å². The number of ether oxygens (including phenoxy) is 2. The number of aromatic nitrogens is 7. The Hall–Kier alpha value is -2.56. The van der Waals surface area contributed by atoms with E-state index in [0.717, 1.165) is 0 Å². The van der Waals surface area contributed by atoms with Gasteiger partial charge in [0.2, 0.25) is 5.95 Å². The molecule has 3 saturated heterocycles. The second-order valence-corrected chi connectivity index (χ2v) is 15.9. The molecule has 0 spiro atoms. The molecule has 3 fully saturated rings. The summed E-state index contributed by atoms with van der Waals surface area (Å²) in [6.07, 6.45) is -6.78. The summed E-state index contributed by atoms with van der Waals surface area (Å²) >= 11 is 9.32. The van der Waals surface area contributed by atoms with Crippen LogP contribution in [-0.2, 0) is 43.9 Å². The summed E-state index contributed by atoms with van der Waals surface area (Å²) in [7, 11) is 0. The van der Waals surface area contributed by atoms with Crippen LogP contribution < -0.4 is 17.0 Å². The van der Waals surface area contributed by atoms with Gasteiger partial charge in [-0.1, -0.05) is 12.2 Å². The van der Waals surface area contributed by atoms with Crippen LogP contribution in [0.3, 0.4) is 0 Å². The number of hydrogen-bond acceptors (Lipinski definition) is 17. The summed E-state index contributed by atoms with van der Waals surface area (Å²) in [6, 6.07) is 1.63. The van der Waals surface area contributed by atoms with Gasteiger partial charge in [0.15, 0.2) is 23.6 Å². The number of aliphatic hydroxyl groups is 2. The van der Waals surface area contributed by atoms with Crippen LogP contribution in [0.1, 0.15) is 12.5 Å². The number of thiol groups is 1. The van der Waals surface area contributed by atoms with Gasteiger partial charge in [0.05, 0.1) is 24.9 Å². The highest BCUT2D eigenvalue weighted by molar-refractivity contribution is 8.44. The van der Waals surface area contributed by atoms with Crippen molar-refractivity contribution in [3.05, 3.63) is 35.3 Å². The molecular weight excluding hydrogens is 680 g/mol. The van der Waals surface area contributed by atoms with Gasteiger partial charge < -0.3 is 45.1 Å². The second kappa shape index (κ2) is 11.3. The lowest BCUT2D eigenvalue weighted by Crippen LogP contribution is -2.36. The summed E-state index contributed by atoms with van der Waals surface area (Å²) in [4.78, 5) is 42.0. The average molecular weight is 706 g/mol. The minimum absolute atomic E-state index is 0.0214. The smallest absolute Gasteiger partial charge is 0.386 e. The minimum Gasteiger partial charge on any atom is -0.387 e. The van der Waals surface area contributed by atoms with Gasteiger partial charge >= 0.3 is 13.5 Å². The molecule has 7 rings (SSSR count). The zero-order valence-corrected chi connectivity index (χ0v) is 26.0. The standard InChI is InChI=1S/C21H25N9O11P2S2/c22-15-7-1-2-29(16(7)25-5-24-15)19-12(32)13-9(39-19)4-37-43(35,45)41-14-11(31)8(3-36-42(34,44)40-13)38-20(14)30-6-26-10-17(30)27-21(23)28-18(10)33/h1-2,5-6,8-9,11-14,19-20,31-32H,3-4H2,(H,34,44)(H,35,45)(H2,22,24,25)(H3,23,27,28,33)/t8-,9-,11+,12+,13?,14?,19-,20-,42?,43?/m1/s1. The Bertz CT molecular complexity index is 1940. The third-order valence-electron chi connectivity index (χ3n) is 7.47. The van der Waals surface area contributed by atoms with E-state index in [1.54, 1.807) is 12.3 Å². The summed E-state index contributed by atoms with van der Waals surface area (Å²) in [5.74, 6) is -0.0154. The third kappa shape index (κ3) is 5.58. The van der Waals surface area contributed by atoms with Crippen molar-refractivity contribution in [1.82, 2.24) is 34.1 Å². The van der Waals surface area contributed by atoms with Gasteiger partial charge in [-0.15, -0.1) is 0 Å². The highest BCUT2D eigenvalue weighted by Crippen LogP contribution is 2.58. The van der Waals surface area contributed by atoms with Gasteiger partial charge in [0.1, 0.15) is 54.4 Å². The van der Waals surface area contributed by atoms with Crippen molar-refractivity contribution in [2.75, 3.05) is 24.7 Å². The maximum Gasteiger partial charge on any atom is 0.386 e. The molecule has 7 heterocycles. The number of nitrogens with zero attached hydrogens (tertiary/aromatic N) is 6. The van der Waals surface area contributed by atoms with Crippen LogP contribution >= 0.6 is 25.8 Å². The molecule has 8 N–H and O–H groups in total. The summed E-state index contributed by atoms with van der Waals surface area (Å²) in [6.45, 7) is -9.62. The molecule has 2 bridgehead atoms. The fourth-order valence-electron chi connectivity index (χ4n) is 5.44. The largest absolute Gasteiger partial charge is 0.387 e. The number of imidazole rings is 1. The molecule has 20 nitrogen and oxygen atoms in total. The van der Waals surface area contributed by atoms with Gasteiger partial charge in [0.25, 0.3) is 5.56 Å². The predicted octanol–water partition coefficient (Wildman–Crippen LogP) is -0.683. The molecule has 0 aromatic carbocycles. The number of rotatable bonds is 2. The lowest BCUT2D eigenvalue weighted by Gasteiger charge is -2.27. The minimum atomic E-state index is -4.30. The number of hydrogen-bond donors (Lipinski definition) is 7. The lowest BCUT2D eigenvalue weighted by atomic mass is 10.1. The SMILES string of the molecule is Nc1nc2c(ncn2[C@@H]2O[C@@H]3COP(=O)(S)OC4[C@@H](COP(O)(=S)OC2[C@H]3O)O[C@@H](n2ccc3c(N)ncnc32)[C@H]4O)c(=O)[nH]1. The van der Waals surface area contributed by atoms with Gasteiger partial charge in [-0.05, 0) is 17.9 Å². The first-order valence-corrected chi connectivity index (χ1v) is 18.4. The quantitative estimate of drug-likeness (QED) is 0.100. The van der Waals surface area contributed by atoms with E-state index in [-0.39, 0.29) is 22.9 Å². The van der Waals surface area contributed by atoms with Crippen molar-refractivity contribution >= 4 is 71.5 Å². The first kappa shape index (κ1) is 31.1. The first-order valence-electron chi connectivity index (χ1n) is 13.1. The molecule has 0 amide bonds. The summed E-state index contributed by atoms with van der Waals surface area (Å²) < 4.78 is 50.6. The van der Waals surface area contributed by atoms with Crippen molar-refractivity contribution in [2.24, 2.45) is 0 Å². The van der Waals surface area contributed by atoms with Gasteiger partial charge in [-0.3, -0.25) is 27.9 Å². The zero-order valence-electron chi connectivity index (χ0n) is 22.5. The van der Waals surface area contributed by atoms with Crippen LogP contribution in [0.2, 0.25) is 0 Å². The number of H-pyrrole nitrogens is 1. The molecule has 3 aliphatic rings. The van der Waals surface area contributed by atoms with Crippen molar-refractivity contribution < 1.29 is 47.2 Å². The second-order valence-electron chi connectivity index (χ2n) is 10.3. The van der Waals surface area contributed by atoms with E-state index in [0.29, 0.717) is 11.0 Å². The monoisotopic (exact) mass is 705 g/mol. The van der Waals surface area contributed by atoms with Crippen molar-refractivity contribution in [2.45, 2.75) is 49.1 Å². The van der Waals surface area contributed by atoms with E-state index in [2.05, 4.69) is 37.2 Å². The van der Waals surface area contributed by atoms with E-state index < -0.39 is 81.4 Å².